The number of urea groups is 1. The van der Waals surface area contributed by atoms with Crippen LogP contribution in [0.3, 0.4) is 0 Å². The fourth-order valence-corrected chi connectivity index (χ4v) is 2.13. The second-order valence-corrected chi connectivity index (χ2v) is 5.85. The maximum atomic E-state index is 12.0. The van der Waals surface area contributed by atoms with Gasteiger partial charge in [0.1, 0.15) is 11.3 Å². The number of benzene rings is 1. The molecule has 0 bridgehead atoms. The van der Waals surface area contributed by atoms with Crippen LogP contribution in [0.2, 0.25) is 0 Å². The second-order valence-electron chi connectivity index (χ2n) is 4.97. The molecular weight excluding hydrogens is 332 g/mol. The lowest BCUT2D eigenvalue weighted by molar-refractivity contribution is -0.123. The van der Waals surface area contributed by atoms with Crippen LogP contribution in [0.25, 0.3) is 0 Å². The summed E-state index contributed by atoms with van der Waals surface area (Å²) in [4.78, 5) is 36.1. The third-order valence-corrected chi connectivity index (χ3v) is 3.93. The van der Waals surface area contributed by atoms with E-state index in [1.807, 2.05) is 20.1 Å². The molecule has 0 saturated carbocycles. The van der Waals surface area contributed by atoms with Crippen molar-refractivity contribution in [1.29, 1.82) is 0 Å². The van der Waals surface area contributed by atoms with Crippen molar-refractivity contribution in [3.63, 3.8) is 0 Å². The van der Waals surface area contributed by atoms with Gasteiger partial charge in [0.25, 0.3) is 5.91 Å². The number of carbonyl (C=O) groups excluding carboxylic acids is 3. The average molecular weight is 354 g/mol. The molecule has 1 rings (SSSR count). The molecule has 3 amide bonds. The number of methoxy groups -OCH3 is 1. The maximum Gasteiger partial charge on any atom is 0.342 e. The van der Waals surface area contributed by atoms with E-state index < -0.39 is 24.5 Å². The monoisotopic (exact) mass is 354 g/mol. The van der Waals surface area contributed by atoms with Gasteiger partial charge in [0.15, 0.2) is 6.61 Å². The SMILES string of the molecule is CC[C@H](C)NC(=O)NC(=O)COC(=O)c1ccc(SC)cc1OC. The molecule has 0 fully saturated rings. The molecule has 1 aromatic rings. The lowest BCUT2D eigenvalue weighted by Crippen LogP contribution is -2.44. The van der Waals surface area contributed by atoms with Crippen LogP contribution in [0.1, 0.15) is 30.6 Å². The van der Waals surface area contributed by atoms with Crippen molar-refractivity contribution >= 4 is 29.7 Å². The van der Waals surface area contributed by atoms with Crippen molar-refractivity contribution in [2.24, 2.45) is 0 Å². The summed E-state index contributed by atoms with van der Waals surface area (Å²) in [6, 6.07) is 4.36. The predicted octanol–water partition coefficient (Wildman–Crippen LogP) is 2.20. The lowest BCUT2D eigenvalue weighted by Gasteiger charge is -2.12. The minimum atomic E-state index is -0.705. The molecule has 132 valence electrons. The lowest BCUT2D eigenvalue weighted by atomic mass is 10.2. The number of hydrogen-bond acceptors (Lipinski definition) is 6. The molecule has 1 aromatic carbocycles. The van der Waals surface area contributed by atoms with E-state index in [0.717, 1.165) is 11.3 Å². The summed E-state index contributed by atoms with van der Waals surface area (Å²) in [6.45, 7) is 3.17. The first kappa shape index (κ1) is 19.8. The quantitative estimate of drug-likeness (QED) is 0.576. The Labute approximate surface area is 145 Å². The standard InChI is InChI=1S/C16H22N2O5S/c1-5-10(2)17-16(21)18-14(19)9-23-15(20)12-7-6-11(24-4)8-13(12)22-3/h6-8,10H,5,9H2,1-4H3,(H2,17,18,19,21)/t10-/m0/s1. The predicted molar refractivity (Wildman–Crippen MR) is 91.5 cm³/mol. The zero-order valence-corrected chi connectivity index (χ0v) is 15.0. The van der Waals surface area contributed by atoms with Gasteiger partial charge in [0.05, 0.1) is 7.11 Å². The van der Waals surface area contributed by atoms with Crippen LogP contribution in [0, 0.1) is 0 Å². The molecule has 8 heteroatoms. The third-order valence-electron chi connectivity index (χ3n) is 3.21. The first-order chi connectivity index (χ1) is 11.4. The Morgan fingerprint density at radius 3 is 2.58 bits per heavy atom. The molecule has 0 aliphatic rings. The van der Waals surface area contributed by atoms with Gasteiger partial charge in [-0.05, 0) is 37.8 Å². The minimum Gasteiger partial charge on any atom is -0.496 e. The number of nitrogens with one attached hydrogen (secondary N) is 2. The highest BCUT2D eigenvalue weighted by Gasteiger charge is 2.17. The van der Waals surface area contributed by atoms with Crippen LogP contribution in [0.15, 0.2) is 23.1 Å². The third kappa shape index (κ3) is 6.11. The molecule has 24 heavy (non-hydrogen) atoms. The summed E-state index contributed by atoms with van der Waals surface area (Å²) in [5, 5.41) is 4.68. The Balaban J connectivity index is 2.57. The van der Waals surface area contributed by atoms with E-state index in [2.05, 4.69) is 10.6 Å². The van der Waals surface area contributed by atoms with E-state index in [-0.39, 0.29) is 11.6 Å². The zero-order valence-electron chi connectivity index (χ0n) is 14.2. The van der Waals surface area contributed by atoms with Crippen LogP contribution in [-0.2, 0) is 9.53 Å². The second kappa shape index (κ2) is 9.82. The summed E-state index contributed by atoms with van der Waals surface area (Å²) in [7, 11) is 1.45. The average Bonchev–Trinajstić information content (AvgIpc) is 2.58. The fourth-order valence-electron chi connectivity index (χ4n) is 1.70. The topological polar surface area (TPSA) is 93.7 Å². The van der Waals surface area contributed by atoms with E-state index in [0.29, 0.717) is 5.75 Å². The van der Waals surface area contributed by atoms with Crippen LogP contribution in [-0.4, -0.2) is 43.9 Å². The molecule has 2 N–H and O–H groups in total. The van der Waals surface area contributed by atoms with Gasteiger partial charge >= 0.3 is 12.0 Å². The van der Waals surface area contributed by atoms with Gasteiger partial charge in [0.2, 0.25) is 0 Å². The van der Waals surface area contributed by atoms with Crippen LogP contribution in [0.4, 0.5) is 4.79 Å². The van der Waals surface area contributed by atoms with Gasteiger partial charge in [-0.1, -0.05) is 6.92 Å². The zero-order chi connectivity index (χ0) is 18.1. The minimum absolute atomic E-state index is 0.0560. The molecule has 7 nitrogen and oxygen atoms in total. The van der Waals surface area contributed by atoms with Gasteiger partial charge in [-0.3, -0.25) is 10.1 Å². The first-order valence-corrected chi connectivity index (χ1v) is 8.63. The molecule has 0 heterocycles. The molecule has 0 spiro atoms. The Hall–Kier alpha value is -2.22. The highest BCUT2D eigenvalue weighted by molar-refractivity contribution is 7.98. The highest BCUT2D eigenvalue weighted by Crippen LogP contribution is 2.25. The number of ether oxygens (including phenoxy) is 2. The molecule has 0 aromatic heterocycles. The van der Waals surface area contributed by atoms with Crippen molar-refractivity contribution < 1.29 is 23.9 Å². The number of hydrogen-bond donors (Lipinski definition) is 2. The largest absolute Gasteiger partial charge is 0.496 e. The molecular formula is C16H22N2O5S. The molecule has 0 aliphatic heterocycles. The number of imide groups is 1. The van der Waals surface area contributed by atoms with E-state index in [4.69, 9.17) is 9.47 Å². The van der Waals surface area contributed by atoms with E-state index in [9.17, 15) is 14.4 Å². The Morgan fingerprint density at radius 2 is 2.00 bits per heavy atom. The molecule has 0 aliphatic carbocycles. The summed E-state index contributed by atoms with van der Waals surface area (Å²) >= 11 is 1.51. The van der Waals surface area contributed by atoms with Gasteiger partial charge in [-0.2, -0.15) is 0 Å². The normalized spacial score (nSPS) is 11.3. The van der Waals surface area contributed by atoms with Crippen LogP contribution in [0.5, 0.6) is 5.75 Å². The molecule has 0 unspecified atom stereocenters. The summed E-state index contributed by atoms with van der Waals surface area (Å²) in [5.41, 5.74) is 0.215. The van der Waals surface area contributed by atoms with Crippen molar-refractivity contribution in [2.45, 2.75) is 31.2 Å². The first-order valence-electron chi connectivity index (χ1n) is 7.40. The van der Waals surface area contributed by atoms with Gasteiger partial charge in [-0.25, -0.2) is 9.59 Å². The smallest absolute Gasteiger partial charge is 0.342 e. The van der Waals surface area contributed by atoms with E-state index in [1.165, 1.54) is 18.9 Å². The van der Waals surface area contributed by atoms with Gasteiger partial charge in [0, 0.05) is 10.9 Å². The van der Waals surface area contributed by atoms with E-state index >= 15 is 0 Å². The number of carbonyl (C=O) groups is 3. The van der Waals surface area contributed by atoms with Crippen molar-refractivity contribution in [2.75, 3.05) is 20.0 Å². The summed E-state index contributed by atoms with van der Waals surface area (Å²) in [6.07, 6.45) is 2.64. The maximum absolute atomic E-state index is 12.0. The Bertz CT molecular complexity index is 606. The van der Waals surface area contributed by atoms with Crippen molar-refractivity contribution in [1.82, 2.24) is 10.6 Å². The molecule has 0 radical (unpaired) electrons. The summed E-state index contributed by atoms with van der Waals surface area (Å²) < 4.78 is 10.1. The van der Waals surface area contributed by atoms with Crippen molar-refractivity contribution in [3.05, 3.63) is 23.8 Å². The van der Waals surface area contributed by atoms with Crippen LogP contribution < -0.4 is 15.4 Å². The van der Waals surface area contributed by atoms with E-state index in [1.54, 1.807) is 18.2 Å². The Morgan fingerprint density at radius 1 is 1.29 bits per heavy atom. The van der Waals surface area contributed by atoms with Gasteiger partial charge in [-0.15, -0.1) is 11.8 Å². The highest BCUT2D eigenvalue weighted by atomic mass is 32.2. The Kier molecular flexibility index (Phi) is 8.11. The molecule has 0 saturated heterocycles. The molecule has 1 atom stereocenters. The summed E-state index contributed by atoms with van der Waals surface area (Å²) in [5.74, 6) is -1.04. The number of esters is 1. The van der Waals surface area contributed by atoms with Gasteiger partial charge < -0.3 is 14.8 Å². The fraction of sp³-hybridized carbons (Fsp3) is 0.438. The van der Waals surface area contributed by atoms with Crippen molar-refractivity contribution in [3.8, 4) is 5.75 Å². The van der Waals surface area contributed by atoms with Crippen LogP contribution >= 0.6 is 11.8 Å². The number of thioether (sulfide) groups is 1. The number of amides is 3. The number of rotatable bonds is 7.